The van der Waals surface area contributed by atoms with E-state index in [0.717, 1.165) is 53.5 Å². The zero-order chi connectivity index (χ0) is 26.8. The Labute approximate surface area is 225 Å². The lowest BCUT2D eigenvalue weighted by Crippen LogP contribution is -2.38. The van der Waals surface area contributed by atoms with Gasteiger partial charge in [0.05, 0.1) is 17.5 Å². The largest absolute Gasteiger partial charge is 0.437 e. The molecule has 0 amide bonds. The highest BCUT2D eigenvalue weighted by atomic mass is 19.1. The molecule has 0 spiro atoms. The number of halogens is 1. The maximum absolute atomic E-state index is 14.3. The molecule has 1 saturated heterocycles. The number of aryl methyl sites for hydroxylation is 2. The zero-order valence-corrected chi connectivity index (χ0v) is 21.8. The Bertz CT molecular complexity index is 1630. The number of anilines is 3. The molecule has 3 aromatic heterocycles. The minimum absolute atomic E-state index is 0.164. The summed E-state index contributed by atoms with van der Waals surface area (Å²) in [6.07, 6.45) is 6.97. The SMILES string of the molecule is Cc1ccc2c(Nc3nn(C)cc3F)cccc2c1Oc1ncccc1-c1ccnc(N[C@H]2CCCNC2)n1. The fourth-order valence-corrected chi connectivity index (χ4v) is 4.86. The number of pyridine rings is 1. The van der Waals surface area contributed by atoms with Crippen LogP contribution in [0.1, 0.15) is 18.4 Å². The molecular formula is C29H29FN8O. The molecule has 198 valence electrons. The van der Waals surface area contributed by atoms with Crippen LogP contribution in [0, 0.1) is 12.7 Å². The summed E-state index contributed by atoms with van der Waals surface area (Å²) in [5.41, 5.74) is 3.13. The first-order valence-electron chi connectivity index (χ1n) is 13.0. The summed E-state index contributed by atoms with van der Waals surface area (Å²) >= 11 is 0. The number of hydrogen-bond acceptors (Lipinski definition) is 8. The van der Waals surface area contributed by atoms with Crippen molar-refractivity contribution in [2.75, 3.05) is 23.7 Å². The van der Waals surface area contributed by atoms with Crippen molar-refractivity contribution in [1.29, 1.82) is 0 Å². The van der Waals surface area contributed by atoms with Gasteiger partial charge in [0.2, 0.25) is 11.8 Å². The predicted molar refractivity (Wildman–Crippen MR) is 150 cm³/mol. The first-order valence-corrected chi connectivity index (χ1v) is 13.0. The topological polar surface area (TPSA) is 102 Å². The van der Waals surface area contributed by atoms with Gasteiger partial charge in [-0.2, -0.15) is 5.10 Å². The van der Waals surface area contributed by atoms with E-state index in [1.807, 2.05) is 55.5 Å². The predicted octanol–water partition coefficient (Wildman–Crippen LogP) is 5.57. The van der Waals surface area contributed by atoms with Crippen molar-refractivity contribution in [3.05, 3.63) is 78.5 Å². The smallest absolute Gasteiger partial charge is 0.228 e. The molecule has 3 N–H and O–H groups in total. The Morgan fingerprint density at radius 2 is 1.97 bits per heavy atom. The third-order valence-corrected chi connectivity index (χ3v) is 6.78. The number of ether oxygens (including phenoxy) is 1. The second kappa shape index (κ2) is 10.7. The fraction of sp³-hybridized carbons (Fsp3) is 0.241. The maximum Gasteiger partial charge on any atom is 0.228 e. The Kier molecular flexibility index (Phi) is 6.76. The summed E-state index contributed by atoms with van der Waals surface area (Å²) in [4.78, 5) is 13.8. The number of benzene rings is 2. The Balaban J connectivity index is 1.34. The molecule has 1 aliphatic heterocycles. The van der Waals surface area contributed by atoms with Crippen LogP contribution >= 0.6 is 0 Å². The minimum Gasteiger partial charge on any atom is -0.437 e. The van der Waals surface area contributed by atoms with E-state index in [1.54, 1.807) is 19.4 Å². The second-order valence-corrected chi connectivity index (χ2v) is 9.65. The lowest BCUT2D eigenvalue weighted by Gasteiger charge is -2.23. The molecule has 10 heteroatoms. The average Bonchev–Trinajstić information content (AvgIpc) is 3.27. The molecule has 4 heterocycles. The standard InChI is InChI=1S/C29H29FN8O/c1-18-10-11-20-21(7-3-9-24(20)35-27-23(30)17-38(2)37-27)26(18)39-28-22(8-5-14-32-28)25-12-15-33-29(36-25)34-19-6-4-13-31-16-19/h3,5,7-12,14-15,17,19,31H,4,6,13,16H2,1-2H3,(H,35,37)(H,33,34,36)/t19-/m0/s1. The summed E-state index contributed by atoms with van der Waals surface area (Å²) in [5.74, 6) is 1.42. The van der Waals surface area contributed by atoms with E-state index < -0.39 is 5.82 Å². The lowest BCUT2D eigenvalue weighted by molar-refractivity contribution is 0.466. The Hall–Kier alpha value is -4.57. The van der Waals surface area contributed by atoms with Gasteiger partial charge in [-0.25, -0.2) is 19.3 Å². The highest BCUT2D eigenvalue weighted by Crippen LogP contribution is 2.39. The van der Waals surface area contributed by atoms with Gasteiger partial charge >= 0.3 is 0 Å². The van der Waals surface area contributed by atoms with Crippen LogP contribution in [0.3, 0.4) is 0 Å². The van der Waals surface area contributed by atoms with Crippen LogP contribution in [0.2, 0.25) is 0 Å². The molecule has 39 heavy (non-hydrogen) atoms. The van der Waals surface area contributed by atoms with E-state index in [-0.39, 0.29) is 5.82 Å². The molecule has 1 atom stereocenters. The molecule has 1 fully saturated rings. The highest BCUT2D eigenvalue weighted by molar-refractivity contribution is 5.99. The van der Waals surface area contributed by atoms with Crippen LogP contribution in [-0.2, 0) is 7.05 Å². The Morgan fingerprint density at radius 3 is 2.79 bits per heavy atom. The van der Waals surface area contributed by atoms with Crippen molar-refractivity contribution >= 4 is 28.2 Å². The number of rotatable bonds is 7. The van der Waals surface area contributed by atoms with Gasteiger partial charge in [0.1, 0.15) is 5.75 Å². The number of fused-ring (bicyclic) bond motifs is 1. The van der Waals surface area contributed by atoms with E-state index >= 15 is 0 Å². The van der Waals surface area contributed by atoms with Crippen LogP contribution in [-0.4, -0.2) is 43.9 Å². The molecule has 9 nitrogen and oxygen atoms in total. The van der Waals surface area contributed by atoms with Gasteiger partial charge in [0.25, 0.3) is 0 Å². The quantitative estimate of drug-likeness (QED) is 0.254. The lowest BCUT2D eigenvalue weighted by atomic mass is 10.0. The molecule has 0 aliphatic carbocycles. The van der Waals surface area contributed by atoms with Gasteiger partial charge < -0.3 is 20.7 Å². The van der Waals surface area contributed by atoms with Gasteiger partial charge in [-0.3, -0.25) is 4.68 Å². The molecule has 5 aromatic rings. The van der Waals surface area contributed by atoms with Crippen LogP contribution in [0.5, 0.6) is 11.6 Å². The summed E-state index contributed by atoms with van der Waals surface area (Å²) in [5, 5.41) is 15.9. The molecule has 1 aliphatic rings. The molecule has 0 bridgehead atoms. The molecule has 0 saturated carbocycles. The van der Waals surface area contributed by atoms with Crippen molar-refractivity contribution in [2.45, 2.75) is 25.8 Å². The van der Waals surface area contributed by atoms with E-state index in [1.165, 1.54) is 10.9 Å². The number of aromatic nitrogens is 5. The summed E-state index contributed by atoms with van der Waals surface area (Å²) in [6, 6.07) is 15.7. The second-order valence-electron chi connectivity index (χ2n) is 9.65. The van der Waals surface area contributed by atoms with Gasteiger partial charge in [-0.15, -0.1) is 0 Å². The van der Waals surface area contributed by atoms with E-state index in [0.29, 0.717) is 29.3 Å². The third kappa shape index (κ3) is 5.23. The first-order chi connectivity index (χ1) is 19.0. The van der Waals surface area contributed by atoms with Gasteiger partial charge in [0, 0.05) is 48.5 Å². The Morgan fingerprint density at radius 1 is 1.05 bits per heavy atom. The summed E-state index contributed by atoms with van der Waals surface area (Å²) < 4.78 is 22.2. The fourth-order valence-electron chi connectivity index (χ4n) is 4.86. The molecule has 2 aromatic carbocycles. The van der Waals surface area contributed by atoms with Crippen molar-refractivity contribution in [1.82, 2.24) is 30.0 Å². The molecule has 0 unspecified atom stereocenters. The maximum atomic E-state index is 14.3. The monoisotopic (exact) mass is 524 g/mol. The van der Waals surface area contributed by atoms with Crippen LogP contribution < -0.4 is 20.7 Å². The van der Waals surface area contributed by atoms with Crippen LogP contribution in [0.4, 0.5) is 21.8 Å². The number of nitrogens with zero attached hydrogens (tertiary/aromatic N) is 5. The number of piperidine rings is 1. The van der Waals surface area contributed by atoms with Crippen LogP contribution in [0.25, 0.3) is 22.0 Å². The third-order valence-electron chi connectivity index (χ3n) is 6.78. The van der Waals surface area contributed by atoms with Crippen LogP contribution in [0.15, 0.2) is 67.1 Å². The van der Waals surface area contributed by atoms with Crippen molar-refractivity contribution in [2.24, 2.45) is 7.05 Å². The van der Waals surface area contributed by atoms with Crippen molar-refractivity contribution in [3.8, 4) is 22.9 Å². The molecular weight excluding hydrogens is 495 g/mol. The van der Waals surface area contributed by atoms with E-state index in [4.69, 9.17) is 9.72 Å². The summed E-state index contributed by atoms with van der Waals surface area (Å²) in [6.45, 7) is 3.92. The average molecular weight is 525 g/mol. The van der Waals surface area contributed by atoms with Gasteiger partial charge in [0.15, 0.2) is 11.6 Å². The summed E-state index contributed by atoms with van der Waals surface area (Å²) in [7, 11) is 1.68. The number of hydrogen-bond donors (Lipinski definition) is 3. The zero-order valence-electron chi connectivity index (χ0n) is 21.8. The highest BCUT2D eigenvalue weighted by Gasteiger charge is 2.18. The van der Waals surface area contributed by atoms with E-state index in [9.17, 15) is 4.39 Å². The van der Waals surface area contributed by atoms with Crippen molar-refractivity contribution in [3.63, 3.8) is 0 Å². The molecule has 6 rings (SSSR count). The molecule has 0 radical (unpaired) electrons. The van der Waals surface area contributed by atoms with Crippen molar-refractivity contribution < 1.29 is 9.13 Å². The first kappa shape index (κ1) is 24.7. The number of nitrogens with one attached hydrogen (secondary N) is 3. The minimum atomic E-state index is -0.422. The normalized spacial score (nSPS) is 15.3. The van der Waals surface area contributed by atoms with E-state index in [2.05, 4.69) is 31.0 Å². The van der Waals surface area contributed by atoms with Gasteiger partial charge in [-0.05, 0) is 56.1 Å². The van der Waals surface area contributed by atoms with Gasteiger partial charge in [-0.1, -0.05) is 24.3 Å².